The number of hydrogen-bond donors (Lipinski definition) is 2. The van der Waals surface area contributed by atoms with Gasteiger partial charge in [0.05, 0.1) is 30.9 Å². The topological polar surface area (TPSA) is 96.3 Å². The molecule has 3 aromatic rings. The highest BCUT2D eigenvalue weighted by Crippen LogP contribution is 2.43. The first kappa shape index (κ1) is 22.2. The molecule has 1 atom stereocenters. The van der Waals surface area contributed by atoms with Crippen molar-refractivity contribution in [2.45, 2.75) is 6.04 Å². The van der Waals surface area contributed by atoms with Gasteiger partial charge in [0.25, 0.3) is 11.7 Å². The minimum absolute atomic E-state index is 0.0408. The first-order valence-electron chi connectivity index (χ1n) is 9.93. The number of carbonyl (C=O) groups is 2. The van der Waals surface area contributed by atoms with E-state index in [2.05, 4.69) is 0 Å². The van der Waals surface area contributed by atoms with E-state index in [0.717, 1.165) is 0 Å². The standard InChI is InChI=1S/C25H20ClNO6/c1-32-18-9-7-16(8-10-18)27-22(14-4-3-5-17(28)12-14)21(24(30)25(27)31)23(29)15-6-11-19(26)20(13-15)33-2/h3-13,22,28-29H,1-2H3/b23-21-. The fourth-order valence-corrected chi connectivity index (χ4v) is 4.01. The summed E-state index contributed by atoms with van der Waals surface area (Å²) < 4.78 is 10.4. The van der Waals surface area contributed by atoms with Crippen LogP contribution in [0.3, 0.4) is 0 Å². The predicted molar refractivity (Wildman–Crippen MR) is 124 cm³/mol. The molecule has 2 N–H and O–H groups in total. The largest absolute Gasteiger partial charge is 0.508 e. The molecule has 168 valence electrons. The van der Waals surface area contributed by atoms with E-state index in [0.29, 0.717) is 27.8 Å². The van der Waals surface area contributed by atoms with Crippen LogP contribution in [0.15, 0.2) is 72.3 Å². The van der Waals surface area contributed by atoms with Gasteiger partial charge in [0.2, 0.25) is 0 Å². The van der Waals surface area contributed by atoms with E-state index < -0.39 is 17.7 Å². The number of methoxy groups -OCH3 is 2. The van der Waals surface area contributed by atoms with Crippen LogP contribution in [0.4, 0.5) is 5.69 Å². The van der Waals surface area contributed by atoms with Crippen LogP contribution in [0.25, 0.3) is 5.76 Å². The summed E-state index contributed by atoms with van der Waals surface area (Å²) in [6, 6.07) is 16.4. The second kappa shape index (κ2) is 8.88. The number of anilines is 1. The molecule has 0 radical (unpaired) electrons. The van der Waals surface area contributed by atoms with Gasteiger partial charge in [-0.1, -0.05) is 23.7 Å². The third-order valence-electron chi connectivity index (χ3n) is 5.41. The Balaban J connectivity index is 1.93. The van der Waals surface area contributed by atoms with Crippen molar-refractivity contribution in [2.75, 3.05) is 19.1 Å². The zero-order valence-corrected chi connectivity index (χ0v) is 18.5. The van der Waals surface area contributed by atoms with Gasteiger partial charge in [-0.15, -0.1) is 0 Å². The second-order valence-corrected chi connectivity index (χ2v) is 7.72. The lowest BCUT2D eigenvalue weighted by Crippen LogP contribution is -2.29. The Labute approximate surface area is 195 Å². The van der Waals surface area contributed by atoms with E-state index in [4.69, 9.17) is 21.1 Å². The van der Waals surface area contributed by atoms with Crippen molar-refractivity contribution >= 4 is 34.7 Å². The van der Waals surface area contributed by atoms with Crippen molar-refractivity contribution in [2.24, 2.45) is 0 Å². The predicted octanol–water partition coefficient (Wildman–Crippen LogP) is 4.69. The molecule has 3 aromatic carbocycles. The first-order valence-corrected chi connectivity index (χ1v) is 10.3. The molecule has 0 aromatic heterocycles. The SMILES string of the molecule is COc1ccc(N2C(=O)C(=O)/C(=C(\O)c3ccc(Cl)c(OC)c3)C2c2cccc(O)c2)cc1. The summed E-state index contributed by atoms with van der Waals surface area (Å²) in [6.07, 6.45) is 0. The average molecular weight is 466 g/mol. The highest BCUT2D eigenvalue weighted by Gasteiger charge is 2.47. The van der Waals surface area contributed by atoms with E-state index in [-0.39, 0.29) is 22.6 Å². The Morgan fingerprint density at radius 2 is 1.70 bits per heavy atom. The Morgan fingerprint density at radius 1 is 0.970 bits per heavy atom. The number of aliphatic hydroxyl groups is 1. The van der Waals surface area contributed by atoms with Gasteiger partial charge in [0.1, 0.15) is 23.0 Å². The molecule has 1 aliphatic rings. The molecule has 1 heterocycles. The normalized spacial score (nSPS) is 17.3. The first-order chi connectivity index (χ1) is 15.8. The zero-order chi connectivity index (χ0) is 23.7. The number of rotatable bonds is 5. The number of benzene rings is 3. The highest BCUT2D eigenvalue weighted by atomic mass is 35.5. The Hall–Kier alpha value is -3.97. The molecule has 8 heteroatoms. The summed E-state index contributed by atoms with van der Waals surface area (Å²) in [5.74, 6) is -1.20. The van der Waals surface area contributed by atoms with Crippen LogP contribution in [0.1, 0.15) is 17.2 Å². The van der Waals surface area contributed by atoms with Gasteiger partial charge in [0, 0.05) is 11.3 Å². The lowest BCUT2D eigenvalue weighted by atomic mass is 9.95. The Morgan fingerprint density at radius 3 is 2.33 bits per heavy atom. The highest BCUT2D eigenvalue weighted by molar-refractivity contribution is 6.51. The maximum absolute atomic E-state index is 13.2. The molecule has 1 amide bonds. The van der Waals surface area contributed by atoms with Gasteiger partial charge < -0.3 is 19.7 Å². The fourth-order valence-electron chi connectivity index (χ4n) is 3.81. The number of phenolic OH excluding ortho intramolecular Hbond substituents is 1. The maximum Gasteiger partial charge on any atom is 0.300 e. The number of hydrogen-bond acceptors (Lipinski definition) is 6. The summed E-state index contributed by atoms with van der Waals surface area (Å²) in [7, 11) is 2.95. The number of ketones is 1. The molecule has 4 rings (SSSR count). The molecule has 1 fully saturated rings. The van der Waals surface area contributed by atoms with E-state index >= 15 is 0 Å². The molecule has 1 aliphatic heterocycles. The van der Waals surface area contributed by atoms with Crippen LogP contribution in [0.2, 0.25) is 5.02 Å². The summed E-state index contributed by atoms with van der Waals surface area (Å²) in [5, 5.41) is 21.6. The molecule has 7 nitrogen and oxygen atoms in total. The van der Waals surface area contributed by atoms with Crippen LogP contribution in [-0.4, -0.2) is 36.1 Å². The van der Waals surface area contributed by atoms with Crippen LogP contribution >= 0.6 is 11.6 Å². The van der Waals surface area contributed by atoms with Crippen molar-refractivity contribution in [1.82, 2.24) is 0 Å². The van der Waals surface area contributed by atoms with E-state index in [1.54, 1.807) is 36.4 Å². The molecule has 1 unspecified atom stereocenters. The number of ether oxygens (including phenoxy) is 2. The molecular formula is C25H20ClNO6. The van der Waals surface area contributed by atoms with Gasteiger partial charge >= 0.3 is 0 Å². The Bertz CT molecular complexity index is 1270. The maximum atomic E-state index is 13.2. The van der Waals surface area contributed by atoms with Gasteiger partial charge in [0.15, 0.2) is 0 Å². The molecular weight excluding hydrogens is 446 g/mol. The molecule has 0 aliphatic carbocycles. The third-order valence-corrected chi connectivity index (χ3v) is 5.72. The van der Waals surface area contributed by atoms with Crippen LogP contribution < -0.4 is 14.4 Å². The fraction of sp³-hybridized carbons (Fsp3) is 0.120. The minimum atomic E-state index is -0.979. The van der Waals surface area contributed by atoms with Crippen molar-refractivity contribution in [3.63, 3.8) is 0 Å². The third kappa shape index (κ3) is 3.99. The minimum Gasteiger partial charge on any atom is -0.508 e. The summed E-state index contributed by atoms with van der Waals surface area (Å²) in [4.78, 5) is 27.6. The summed E-state index contributed by atoms with van der Waals surface area (Å²) in [5.41, 5.74) is 1.02. The van der Waals surface area contributed by atoms with Gasteiger partial charge in [-0.3, -0.25) is 14.5 Å². The van der Waals surface area contributed by atoms with Crippen LogP contribution in [0, 0.1) is 0 Å². The van der Waals surface area contributed by atoms with Crippen molar-refractivity contribution in [1.29, 1.82) is 0 Å². The van der Waals surface area contributed by atoms with Crippen LogP contribution in [-0.2, 0) is 9.59 Å². The number of aromatic hydroxyl groups is 1. The summed E-state index contributed by atoms with van der Waals surface area (Å²) in [6.45, 7) is 0. The zero-order valence-electron chi connectivity index (χ0n) is 17.8. The molecule has 0 saturated carbocycles. The van der Waals surface area contributed by atoms with E-state index in [9.17, 15) is 19.8 Å². The van der Waals surface area contributed by atoms with Crippen molar-refractivity contribution < 1.29 is 29.3 Å². The lowest BCUT2D eigenvalue weighted by Gasteiger charge is -2.25. The van der Waals surface area contributed by atoms with Gasteiger partial charge in [-0.2, -0.15) is 0 Å². The number of carbonyl (C=O) groups excluding carboxylic acids is 2. The monoisotopic (exact) mass is 465 g/mol. The molecule has 1 saturated heterocycles. The number of nitrogens with zero attached hydrogens (tertiary/aromatic N) is 1. The summed E-state index contributed by atoms with van der Waals surface area (Å²) >= 11 is 6.09. The number of halogens is 1. The quantitative estimate of drug-likeness (QED) is 0.322. The van der Waals surface area contributed by atoms with Crippen molar-refractivity contribution in [3.05, 3.63) is 88.5 Å². The number of Topliss-reactive ketones (excluding diaryl/α,β-unsaturated/α-hetero) is 1. The second-order valence-electron chi connectivity index (χ2n) is 7.31. The van der Waals surface area contributed by atoms with E-state index in [1.807, 2.05) is 0 Å². The van der Waals surface area contributed by atoms with Crippen molar-refractivity contribution in [3.8, 4) is 17.2 Å². The van der Waals surface area contributed by atoms with Crippen LogP contribution in [0.5, 0.6) is 17.2 Å². The Kier molecular flexibility index (Phi) is 5.98. The lowest BCUT2D eigenvalue weighted by molar-refractivity contribution is -0.132. The molecule has 0 bridgehead atoms. The van der Waals surface area contributed by atoms with E-state index in [1.165, 1.54) is 49.5 Å². The number of phenols is 1. The number of amides is 1. The molecule has 0 spiro atoms. The van der Waals surface area contributed by atoms with Gasteiger partial charge in [-0.05, 0) is 60.2 Å². The average Bonchev–Trinajstić information content (AvgIpc) is 3.09. The number of aliphatic hydroxyl groups excluding tert-OH is 1. The molecule has 33 heavy (non-hydrogen) atoms. The smallest absolute Gasteiger partial charge is 0.300 e. The van der Waals surface area contributed by atoms with Gasteiger partial charge in [-0.25, -0.2) is 0 Å².